The van der Waals surface area contributed by atoms with Crippen molar-refractivity contribution < 1.29 is 34.2 Å². The molecule has 136 valence electrons. The van der Waals surface area contributed by atoms with Gasteiger partial charge in [0.1, 0.15) is 18.1 Å². The predicted octanol–water partition coefficient (Wildman–Crippen LogP) is -5.19. The molecule has 0 spiro atoms. The average Bonchev–Trinajstić information content (AvgIpc) is 2.47. The molecule has 0 aromatic heterocycles. The van der Waals surface area contributed by atoms with Crippen LogP contribution < -0.4 is 27.4 Å². The molecule has 0 aliphatic carbocycles. The van der Waals surface area contributed by atoms with Crippen molar-refractivity contribution in [1.29, 1.82) is 0 Å². The third-order valence-electron chi connectivity index (χ3n) is 2.76. The zero-order chi connectivity index (χ0) is 18.9. The molecule has 0 aliphatic heterocycles. The molecule has 3 atom stereocenters. The van der Waals surface area contributed by atoms with Crippen molar-refractivity contribution in [1.82, 2.24) is 16.0 Å². The van der Waals surface area contributed by atoms with Crippen molar-refractivity contribution in [3.63, 3.8) is 0 Å². The van der Waals surface area contributed by atoms with Crippen molar-refractivity contribution in [2.45, 2.75) is 31.5 Å². The van der Waals surface area contributed by atoms with Crippen LogP contribution in [0.2, 0.25) is 0 Å². The van der Waals surface area contributed by atoms with Gasteiger partial charge in [-0.05, 0) is 0 Å². The van der Waals surface area contributed by atoms with Gasteiger partial charge in [0.05, 0.1) is 19.6 Å². The highest BCUT2D eigenvalue weighted by molar-refractivity contribution is 5.96. The molecule has 0 rings (SSSR count). The zero-order valence-electron chi connectivity index (χ0n) is 12.9. The lowest BCUT2D eigenvalue weighted by Crippen LogP contribution is -2.58. The molecule has 0 radical (unpaired) electrons. The number of aliphatic hydroxyl groups is 2. The van der Waals surface area contributed by atoms with Gasteiger partial charge in [0.25, 0.3) is 0 Å². The molecule has 0 bridgehead atoms. The Morgan fingerprint density at radius 2 is 1.29 bits per heavy atom. The number of carbonyl (C=O) groups is 5. The topological polar surface area (TPSA) is 214 Å². The monoisotopic (exact) mass is 347 g/mol. The summed E-state index contributed by atoms with van der Waals surface area (Å²) < 4.78 is 0. The Hall–Kier alpha value is -2.73. The summed E-state index contributed by atoms with van der Waals surface area (Å²) in [5, 5.41) is 24.3. The summed E-state index contributed by atoms with van der Waals surface area (Å²) in [4.78, 5) is 56.9. The molecule has 0 aromatic carbocycles. The zero-order valence-corrected chi connectivity index (χ0v) is 12.9. The SMILES string of the molecule is CC(=O)N[C@H](CO)C(=O)N[C@H](CC(N)=O)C(=O)N[C@H](CO)C(N)=O. The number of nitrogens with one attached hydrogen (secondary N) is 3. The Bertz CT molecular complexity index is 510. The second kappa shape index (κ2) is 10.1. The number of nitrogens with two attached hydrogens (primary N) is 2. The summed E-state index contributed by atoms with van der Waals surface area (Å²) in [5.74, 6) is -4.51. The molecule has 24 heavy (non-hydrogen) atoms. The lowest BCUT2D eigenvalue weighted by Gasteiger charge is -2.22. The Labute approximate surface area is 136 Å². The van der Waals surface area contributed by atoms with Gasteiger partial charge in [0.15, 0.2) is 0 Å². The number of hydrogen-bond acceptors (Lipinski definition) is 7. The van der Waals surface area contributed by atoms with Gasteiger partial charge in [0, 0.05) is 6.92 Å². The lowest BCUT2D eigenvalue weighted by molar-refractivity contribution is -0.135. The maximum absolute atomic E-state index is 12.0. The van der Waals surface area contributed by atoms with Gasteiger partial charge in [-0.1, -0.05) is 0 Å². The molecule has 12 nitrogen and oxygen atoms in total. The van der Waals surface area contributed by atoms with Crippen molar-refractivity contribution in [3.05, 3.63) is 0 Å². The van der Waals surface area contributed by atoms with Gasteiger partial charge in [-0.25, -0.2) is 0 Å². The van der Waals surface area contributed by atoms with Gasteiger partial charge in [-0.3, -0.25) is 24.0 Å². The second-order valence-electron chi connectivity index (χ2n) is 4.81. The number of hydrogen-bond donors (Lipinski definition) is 7. The summed E-state index contributed by atoms with van der Waals surface area (Å²) in [6, 6.07) is -4.27. The summed E-state index contributed by atoms with van der Waals surface area (Å²) in [6.45, 7) is -0.428. The van der Waals surface area contributed by atoms with E-state index in [4.69, 9.17) is 21.7 Å². The van der Waals surface area contributed by atoms with Gasteiger partial charge >= 0.3 is 0 Å². The van der Waals surface area contributed by atoms with E-state index in [-0.39, 0.29) is 0 Å². The molecular weight excluding hydrogens is 326 g/mol. The van der Waals surface area contributed by atoms with Crippen LogP contribution in [0.1, 0.15) is 13.3 Å². The van der Waals surface area contributed by atoms with E-state index in [2.05, 4.69) is 10.6 Å². The summed E-state index contributed by atoms with van der Waals surface area (Å²) >= 11 is 0. The number of aliphatic hydroxyl groups excluding tert-OH is 2. The first kappa shape index (κ1) is 21.3. The molecule has 0 aliphatic rings. The van der Waals surface area contributed by atoms with Crippen LogP contribution in [0.25, 0.3) is 0 Å². The quantitative estimate of drug-likeness (QED) is 0.204. The van der Waals surface area contributed by atoms with Crippen LogP contribution in [0.4, 0.5) is 0 Å². The van der Waals surface area contributed by atoms with E-state index in [1.807, 2.05) is 5.32 Å². The molecule has 12 heteroatoms. The average molecular weight is 347 g/mol. The van der Waals surface area contributed by atoms with Crippen molar-refractivity contribution >= 4 is 29.5 Å². The Kier molecular flexibility index (Phi) is 8.97. The Morgan fingerprint density at radius 3 is 1.67 bits per heavy atom. The number of rotatable bonds is 10. The highest BCUT2D eigenvalue weighted by Gasteiger charge is 2.29. The third kappa shape index (κ3) is 7.51. The first-order valence-electron chi connectivity index (χ1n) is 6.79. The van der Waals surface area contributed by atoms with Gasteiger partial charge in [-0.2, -0.15) is 0 Å². The van der Waals surface area contributed by atoms with E-state index in [1.165, 1.54) is 0 Å². The summed E-state index contributed by atoms with van der Waals surface area (Å²) in [6.07, 6.45) is -0.618. The number of carbonyl (C=O) groups excluding carboxylic acids is 5. The van der Waals surface area contributed by atoms with E-state index in [9.17, 15) is 24.0 Å². The van der Waals surface area contributed by atoms with Crippen LogP contribution >= 0.6 is 0 Å². The minimum Gasteiger partial charge on any atom is -0.394 e. The largest absolute Gasteiger partial charge is 0.394 e. The van der Waals surface area contributed by atoms with Crippen LogP contribution in [0.15, 0.2) is 0 Å². The van der Waals surface area contributed by atoms with Crippen LogP contribution in [0, 0.1) is 0 Å². The van der Waals surface area contributed by atoms with Crippen LogP contribution in [0.5, 0.6) is 0 Å². The van der Waals surface area contributed by atoms with E-state index < -0.39 is 67.3 Å². The number of primary amides is 2. The minimum atomic E-state index is -1.49. The molecule has 0 saturated heterocycles. The predicted molar refractivity (Wildman–Crippen MR) is 78.6 cm³/mol. The normalized spacial score (nSPS) is 14.0. The Balaban J connectivity index is 5.08. The summed E-state index contributed by atoms with van der Waals surface area (Å²) in [5.41, 5.74) is 9.94. The van der Waals surface area contributed by atoms with Gasteiger partial charge < -0.3 is 37.6 Å². The summed E-state index contributed by atoms with van der Waals surface area (Å²) in [7, 11) is 0. The van der Waals surface area contributed by atoms with E-state index in [0.717, 1.165) is 6.92 Å². The Morgan fingerprint density at radius 1 is 0.833 bits per heavy atom. The standard InChI is InChI=1S/C12H21N5O7/c1-5(20)15-8(4-19)12(24)16-6(2-9(13)21)11(23)17-7(3-18)10(14)22/h6-8,18-19H,2-4H2,1H3,(H2,13,21)(H2,14,22)(H,15,20)(H,16,24)(H,17,23)/t6-,7-,8-/m1/s1. The molecule has 9 N–H and O–H groups in total. The van der Waals surface area contributed by atoms with Gasteiger partial charge in [-0.15, -0.1) is 0 Å². The molecule has 5 amide bonds. The van der Waals surface area contributed by atoms with Crippen LogP contribution in [-0.4, -0.2) is 71.1 Å². The van der Waals surface area contributed by atoms with Crippen LogP contribution in [-0.2, 0) is 24.0 Å². The smallest absolute Gasteiger partial charge is 0.245 e. The fourth-order valence-corrected chi connectivity index (χ4v) is 1.60. The van der Waals surface area contributed by atoms with Crippen molar-refractivity contribution in [3.8, 4) is 0 Å². The van der Waals surface area contributed by atoms with E-state index in [1.54, 1.807) is 0 Å². The highest BCUT2D eigenvalue weighted by Crippen LogP contribution is 1.96. The van der Waals surface area contributed by atoms with E-state index in [0.29, 0.717) is 0 Å². The van der Waals surface area contributed by atoms with Gasteiger partial charge in [0.2, 0.25) is 29.5 Å². The molecule has 0 fully saturated rings. The lowest BCUT2D eigenvalue weighted by atomic mass is 10.1. The fraction of sp³-hybridized carbons (Fsp3) is 0.583. The molecule has 0 saturated carbocycles. The molecule has 0 aromatic rings. The maximum atomic E-state index is 12.0. The molecule has 0 unspecified atom stereocenters. The number of amides is 5. The maximum Gasteiger partial charge on any atom is 0.245 e. The van der Waals surface area contributed by atoms with E-state index >= 15 is 0 Å². The minimum absolute atomic E-state index is 0.603. The first-order valence-corrected chi connectivity index (χ1v) is 6.79. The van der Waals surface area contributed by atoms with Crippen molar-refractivity contribution in [2.75, 3.05) is 13.2 Å². The van der Waals surface area contributed by atoms with Crippen LogP contribution in [0.3, 0.4) is 0 Å². The first-order chi connectivity index (χ1) is 11.1. The molecule has 0 heterocycles. The molecular formula is C12H21N5O7. The second-order valence-corrected chi connectivity index (χ2v) is 4.81. The van der Waals surface area contributed by atoms with Crippen molar-refractivity contribution in [2.24, 2.45) is 11.5 Å². The third-order valence-corrected chi connectivity index (χ3v) is 2.76. The fourth-order valence-electron chi connectivity index (χ4n) is 1.60. The highest BCUT2D eigenvalue weighted by atomic mass is 16.3.